The van der Waals surface area contributed by atoms with Gasteiger partial charge in [-0.1, -0.05) is 95.1 Å². The summed E-state index contributed by atoms with van der Waals surface area (Å²) in [5, 5.41) is 2.35. The topological polar surface area (TPSA) is 39.9 Å². The predicted molar refractivity (Wildman–Crippen MR) is 168 cm³/mol. The van der Waals surface area contributed by atoms with Gasteiger partial charge in [-0.15, -0.1) is 35.3 Å². The maximum Gasteiger partial charge on any atom is 2.00 e. The van der Waals surface area contributed by atoms with Gasteiger partial charge >= 0.3 is 21.1 Å². The Labute approximate surface area is 257 Å². The summed E-state index contributed by atoms with van der Waals surface area (Å²) in [4.78, 5) is 14.8. The minimum absolute atomic E-state index is 0. The zero-order valence-corrected chi connectivity index (χ0v) is 27.0. The van der Waals surface area contributed by atoms with Crippen molar-refractivity contribution in [2.24, 2.45) is 0 Å². The molecule has 208 valence electrons. The second-order valence-electron chi connectivity index (χ2n) is 12.8. The summed E-state index contributed by atoms with van der Waals surface area (Å²) in [7, 11) is 0. The molecule has 0 unspecified atom stereocenters. The Balaban J connectivity index is 0.00000337. The van der Waals surface area contributed by atoms with Crippen LogP contribution in [0.4, 0.5) is 0 Å². The first-order valence-corrected chi connectivity index (χ1v) is 14.0. The molecule has 0 saturated heterocycles. The molecule has 3 nitrogen and oxygen atoms in total. The van der Waals surface area contributed by atoms with E-state index in [1.807, 2.05) is 43.5 Å². The van der Waals surface area contributed by atoms with Crippen molar-refractivity contribution in [3.8, 4) is 33.6 Å². The van der Waals surface area contributed by atoms with E-state index in [1.165, 1.54) is 21.9 Å². The zero-order chi connectivity index (χ0) is 28.2. The first kappa shape index (κ1) is 29.0. The van der Waals surface area contributed by atoms with Gasteiger partial charge in [-0.3, -0.25) is 9.97 Å². The van der Waals surface area contributed by atoms with Gasteiger partial charge in [0.05, 0.1) is 5.69 Å². The Bertz CT molecular complexity index is 1870. The van der Waals surface area contributed by atoms with Crippen molar-refractivity contribution in [1.82, 2.24) is 15.0 Å². The molecule has 0 aliphatic rings. The van der Waals surface area contributed by atoms with Crippen molar-refractivity contribution in [2.45, 2.75) is 59.3 Å². The maximum absolute atomic E-state index is 5.36. The molecule has 3 aromatic heterocycles. The number of hydrogen-bond acceptors (Lipinski definition) is 2. The van der Waals surface area contributed by atoms with Crippen LogP contribution in [0.2, 0.25) is 0 Å². The molecule has 0 bridgehead atoms. The van der Waals surface area contributed by atoms with E-state index >= 15 is 0 Å². The molecule has 4 heteroatoms. The van der Waals surface area contributed by atoms with Gasteiger partial charge in [0.1, 0.15) is 0 Å². The molecule has 6 rings (SSSR count). The van der Waals surface area contributed by atoms with Crippen molar-refractivity contribution in [1.29, 1.82) is 0 Å². The van der Waals surface area contributed by atoms with Crippen LogP contribution in [0.1, 0.15) is 58.4 Å². The van der Waals surface area contributed by atoms with Crippen LogP contribution in [-0.4, -0.2) is 9.97 Å². The van der Waals surface area contributed by atoms with Crippen molar-refractivity contribution in [3.63, 3.8) is 0 Å². The van der Waals surface area contributed by atoms with Gasteiger partial charge in [0.25, 0.3) is 0 Å². The van der Waals surface area contributed by atoms with Crippen LogP contribution in [0.5, 0.6) is 0 Å². The molecule has 0 N–H and O–H groups in total. The number of fused-ring (bicyclic) bond motifs is 3. The van der Waals surface area contributed by atoms with Crippen LogP contribution in [0.25, 0.3) is 55.4 Å². The van der Waals surface area contributed by atoms with Gasteiger partial charge in [0.2, 0.25) is 0 Å². The van der Waals surface area contributed by atoms with Crippen molar-refractivity contribution >= 4 is 21.8 Å². The Morgan fingerprint density at radius 2 is 1.22 bits per heavy atom. The molecule has 3 heterocycles. The maximum atomic E-state index is 5.36. The summed E-state index contributed by atoms with van der Waals surface area (Å²) in [6, 6.07) is 31.5. The molecule has 0 atom stereocenters. The third-order valence-corrected chi connectivity index (χ3v) is 7.66. The monoisotopic (exact) mass is 716 g/mol. The molecule has 0 saturated carbocycles. The van der Waals surface area contributed by atoms with E-state index in [9.17, 15) is 0 Å². The van der Waals surface area contributed by atoms with Gasteiger partial charge in [-0.05, 0) is 63.4 Å². The van der Waals surface area contributed by atoms with Crippen LogP contribution < -0.4 is 4.98 Å². The SMILES string of the molecule is Cc1cccc(-c2[c-]c(-c3cc(C(C)(C)C)cc4c3[n-]c3c(-c5ccccn5)cc(C(C)(C)C)cc34)ccc2)n1.[Pt+2]. The minimum Gasteiger partial charge on any atom is -0.662 e. The van der Waals surface area contributed by atoms with E-state index in [4.69, 9.17) is 15.0 Å². The largest absolute Gasteiger partial charge is 2.00 e. The third-order valence-electron chi connectivity index (χ3n) is 7.66. The fourth-order valence-corrected chi connectivity index (χ4v) is 5.29. The van der Waals surface area contributed by atoms with Gasteiger partial charge in [-0.2, -0.15) is 5.52 Å². The molecular weight excluding hydrogens is 682 g/mol. The number of benzene rings is 3. The standard InChI is InChI=1S/C37H35N3.Pt/c1-23-12-10-16-32(39-23)25-14-11-13-24(18-25)28-19-26(36(2,3)4)20-29-30-21-27(37(5,6)7)22-31(35(30)40-34(28)29)33-15-8-9-17-38-33;/h8-17,19-22H,1-7H3;/q-2;+2. The summed E-state index contributed by atoms with van der Waals surface area (Å²) < 4.78 is 0. The molecule has 0 amide bonds. The molecule has 3 aromatic carbocycles. The number of aromatic nitrogens is 3. The quantitative estimate of drug-likeness (QED) is 0.172. The molecule has 0 fully saturated rings. The van der Waals surface area contributed by atoms with Gasteiger partial charge < -0.3 is 4.98 Å². The first-order valence-electron chi connectivity index (χ1n) is 14.0. The fraction of sp³-hybridized carbons (Fsp3) is 0.243. The van der Waals surface area contributed by atoms with Crippen LogP contribution in [-0.2, 0) is 31.9 Å². The normalized spacial score (nSPS) is 12.1. The summed E-state index contributed by atoms with van der Waals surface area (Å²) in [5.41, 5.74) is 11.5. The van der Waals surface area contributed by atoms with Crippen molar-refractivity contribution in [2.75, 3.05) is 0 Å². The molecule has 0 aliphatic heterocycles. The number of pyridine rings is 2. The Morgan fingerprint density at radius 1 is 0.634 bits per heavy atom. The number of aryl methyl sites for hydroxylation is 1. The second kappa shape index (κ2) is 10.7. The van der Waals surface area contributed by atoms with E-state index < -0.39 is 0 Å². The molecule has 0 radical (unpaired) electrons. The van der Waals surface area contributed by atoms with Crippen molar-refractivity contribution in [3.05, 3.63) is 108 Å². The zero-order valence-electron chi connectivity index (χ0n) is 24.7. The second-order valence-corrected chi connectivity index (χ2v) is 12.8. The summed E-state index contributed by atoms with van der Waals surface area (Å²) in [6.45, 7) is 15.6. The average molecular weight is 717 g/mol. The van der Waals surface area contributed by atoms with Crippen molar-refractivity contribution < 1.29 is 21.1 Å². The predicted octanol–water partition coefficient (Wildman–Crippen LogP) is 9.44. The van der Waals surface area contributed by atoms with Gasteiger partial charge in [-0.25, -0.2) is 0 Å². The van der Waals surface area contributed by atoms with Gasteiger partial charge in [0.15, 0.2) is 0 Å². The molecule has 0 spiro atoms. The van der Waals surface area contributed by atoms with Crippen LogP contribution >= 0.6 is 0 Å². The van der Waals surface area contributed by atoms with Crippen LogP contribution in [0.15, 0.2) is 85.1 Å². The molecule has 41 heavy (non-hydrogen) atoms. The number of rotatable bonds is 3. The average Bonchev–Trinajstić information content (AvgIpc) is 3.30. The van der Waals surface area contributed by atoms with Crippen LogP contribution in [0.3, 0.4) is 0 Å². The smallest absolute Gasteiger partial charge is 0.662 e. The Hall–Kier alpha value is -3.55. The number of hydrogen-bond donors (Lipinski definition) is 0. The summed E-state index contributed by atoms with van der Waals surface area (Å²) in [6.07, 6.45) is 1.86. The third kappa shape index (κ3) is 5.53. The van der Waals surface area contributed by atoms with Crippen LogP contribution in [0, 0.1) is 13.0 Å². The van der Waals surface area contributed by atoms with E-state index in [-0.39, 0.29) is 31.9 Å². The van der Waals surface area contributed by atoms with E-state index in [0.29, 0.717) is 0 Å². The van der Waals surface area contributed by atoms with E-state index in [0.717, 1.165) is 50.4 Å². The number of nitrogens with zero attached hydrogens (tertiary/aromatic N) is 3. The molecular formula is C37H35N3Pt. The molecule has 6 aromatic rings. The van der Waals surface area contributed by atoms with E-state index in [1.54, 1.807) is 0 Å². The molecule has 0 aliphatic carbocycles. The van der Waals surface area contributed by atoms with E-state index in [2.05, 4.69) is 96.1 Å². The Kier molecular flexibility index (Phi) is 7.55. The fourth-order valence-electron chi connectivity index (χ4n) is 5.29. The Morgan fingerprint density at radius 3 is 1.83 bits per heavy atom. The minimum atomic E-state index is -0.0340. The first-order chi connectivity index (χ1) is 19.0. The summed E-state index contributed by atoms with van der Waals surface area (Å²) >= 11 is 0. The van der Waals surface area contributed by atoms with Gasteiger partial charge in [0, 0.05) is 17.6 Å². The summed E-state index contributed by atoms with van der Waals surface area (Å²) in [5.74, 6) is 0.